The quantitative estimate of drug-likeness (QED) is 0.837. The summed E-state index contributed by atoms with van der Waals surface area (Å²) in [5.41, 5.74) is 0.771. The number of benzene rings is 1. The lowest BCUT2D eigenvalue weighted by Crippen LogP contribution is -2.10. The van der Waals surface area contributed by atoms with Crippen LogP contribution < -0.4 is 5.32 Å². The molecule has 1 amide bonds. The number of hydrogen-bond acceptors (Lipinski definition) is 2. The second kappa shape index (κ2) is 5.12. The van der Waals surface area contributed by atoms with Crippen molar-refractivity contribution in [1.29, 1.82) is 0 Å². The highest BCUT2D eigenvalue weighted by Gasteiger charge is 2.12. The molecule has 0 saturated carbocycles. The van der Waals surface area contributed by atoms with Crippen LogP contribution in [0.2, 0.25) is 0 Å². The summed E-state index contributed by atoms with van der Waals surface area (Å²) in [5.74, 6) is -0.103. The van der Waals surface area contributed by atoms with Crippen molar-refractivity contribution in [1.82, 2.24) is 0 Å². The molecule has 0 atom stereocenters. The molecule has 0 unspecified atom stereocenters. The molecular weight excluding hydrogens is 354 g/mol. The van der Waals surface area contributed by atoms with Crippen LogP contribution in [0.5, 0.6) is 0 Å². The largest absolute Gasteiger partial charge is 0.320 e. The zero-order valence-electron chi connectivity index (χ0n) is 8.04. The second-order valence-corrected chi connectivity index (χ2v) is 5.66. The number of anilines is 1. The normalized spacial score (nSPS) is 10.1. The number of halogens is 2. The summed E-state index contributed by atoms with van der Waals surface area (Å²) in [6, 6.07) is 9.38. The van der Waals surface area contributed by atoms with Crippen LogP contribution in [0.25, 0.3) is 0 Å². The van der Waals surface area contributed by atoms with Gasteiger partial charge in [0.15, 0.2) is 0 Å². The van der Waals surface area contributed by atoms with E-state index in [1.165, 1.54) is 11.3 Å². The third kappa shape index (κ3) is 2.53. The zero-order chi connectivity index (χ0) is 11.5. The van der Waals surface area contributed by atoms with Gasteiger partial charge < -0.3 is 5.32 Å². The first-order valence-electron chi connectivity index (χ1n) is 4.47. The van der Waals surface area contributed by atoms with Gasteiger partial charge in [-0.3, -0.25) is 4.79 Å². The highest BCUT2D eigenvalue weighted by atomic mass is 79.9. The summed E-state index contributed by atoms with van der Waals surface area (Å²) in [4.78, 5) is 12.6. The van der Waals surface area contributed by atoms with Crippen LogP contribution in [-0.4, -0.2) is 5.91 Å². The molecule has 0 saturated heterocycles. The molecule has 16 heavy (non-hydrogen) atoms. The molecule has 82 valence electrons. The van der Waals surface area contributed by atoms with E-state index in [4.69, 9.17) is 0 Å². The predicted molar refractivity (Wildman–Crippen MR) is 74.1 cm³/mol. The molecule has 2 nitrogen and oxygen atoms in total. The maximum Gasteiger partial charge on any atom is 0.266 e. The molecule has 2 rings (SSSR count). The minimum absolute atomic E-state index is 0.103. The molecule has 1 N–H and O–H groups in total. The fourth-order valence-electron chi connectivity index (χ4n) is 1.20. The third-order valence-corrected chi connectivity index (χ3v) is 4.47. The summed E-state index contributed by atoms with van der Waals surface area (Å²) < 4.78 is 1.69. The maximum atomic E-state index is 11.9. The average Bonchev–Trinajstić information content (AvgIpc) is 2.68. The Labute approximate surface area is 114 Å². The molecule has 1 aromatic heterocycles. The van der Waals surface area contributed by atoms with Gasteiger partial charge >= 0.3 is 0 Å². The number of carbonyl (C=O) groups excluding carboxylic acids is 1. The molecule has 0 radical (unpaired) electrons. The molecule has 5 heteroatoms. The Bertz CT molecular complexity index is 524. The van der Waals surface area contributed by atoms with Crippen molar-refractivity contribution >= 4 is 54.8 Å². The summed E-state index contributed by atoms with van der Waals surface area (Å²) in [6.45, 7) is 0. The number of para-hydroxylation sites is 1. The minimum Gasteiger partial charge on any atom is -0.320 e. The molecule has 0 spiro atoms. The molecule has 1 aromatic carbocycles. The Kier molecular flexibility index (Phi) is 3.78. The highest BCUT2D eigenvalue weighted by molar-refractivity contribution is 9.11. The predicted octanol–water partition coefficient (Wildman–Crippen LogP) is 4.53. The van der Waals surface area contributed by atoms with Gasteiger partial charge in [-0.1, -0.05) is 12.1 Å². The first-order valence-corrected chi connectivity index (χ1v) is 6.94. The van der Waals surface area contributed by atoms with Crippen molar-refractivity contribution < 1.29 is 4.79 Å². The minimum atomic E-state index is -0.103. The van der Waals surface area contributed by atoms with Crippen LogP contribution in [0.1, 0.15) is 9.67 Å². The van der Waals surface area contributed by atoms with E-state index in [1.807, 2.05) is 35.7 Å². The molecule has 0 fully saturated rings. The fourth-order valence-corrected chi connectivity index (χ4v) is 3.03. The Morgan fingerprint density at radius 3 is 2.50 bits per heavy atom. The number of nitrogens with one attached hydrogen (secondary N) is 1. The molecule has 0 aliphatic heterocycles. The van der Waals surface area contributed by atoms with Gasteiger partial charge in [0.1, 0.15) is 4.88 Å². The Balaban J connectivity index is 2.21. The van der Waals surface area contributed by atoms with Crippen molar-refractivity contribution in [3.8, 4) is 0 Å². The van der Waals surface area contributed by atoms with Crippen LogP contribution in [0.15, 0.2) is 44.7 Å². The van der Waals surface area contributed by atoms with Crippen molar-refractivity contribution in [3.63, 3.8) is 0 Å². The van der Waals surface area contributed by atoms with Crippen molar-refractivity contribution in [2.24, 2.45) is 0 Å². The van der Waals surface area contributed by atoms with E-state index < -0.39 is 0 Å². The first-order chi connectivity index (χ1) is 7.68. The SMILES string of the molecule is O=C(Nc1ccccc1Br)c1sccc1Br. The topological polar surface area (TPSA) is 29.1 Å². The number of hydrogen-bond donors (Lipinski definition) is 1. The Hall–Kier alpha value is -0.650. The molecule has 1 heterocycles. The number of thiophene rings is 1. The Morgan fingerprint density at radius 1 is 1.12 bits per heavy atom. The third-order valence-electron chi connectivity index (χ3n) is 1.95. The van der Waals surface area contributed by atoms with E-state index in [9.17, 15) is 4.79 Å². The first kappa shape index (κ1) is 11.8. The monoisotopic (exact) mass is 359 g/mol. The summed E-state index contributed by atoms with van der Waals surface area (Å²) in [5, 5.41) is 4.72. The van der Waals surface area contributed by atoms with E-state index in [0.29, 0.717) is 4.88 Å². The fraction of sp³-hybridized carbons (Fsp3) is 0. The lowest BCUT2D eigenvalue weighted by molar-refractivity contribution is 0.103. The lowest BCUT2D eigenvalue weighted by Gasteiger charge is -2.05. The van der Waals surface area contributed by atoms with Gasteiger partial charge in [0.25, 0.3) is 5.91 Å². The zero-order valence-corrected chi connectivity index (χ0v) is 12.0. The van der Waals surface area contributed by atoms with Gasteiger partial charge in [0.2, 0.25) is 0 Å². The average molecular weight is 361 g/mol. The van der Waals surface area contributed by atoms with Gasteiger partial charge in [0, 0.05) is 8.95 Å². The van der Waals surface area contributed by atoms with E-state index in [-0.39, 0.29) is 5.91 Å². The van der Waals surface area contributed by atoms with E-state index in [2.05, 4.69) is 37.2 Å². The van der Waals surface area contributed by atoms with Gasteiger partial charge in [0.05, 0.1) is 5.69 Å². The molecule has 0 aliphatic rings. The molecule has 0 aliphatic carbocycles. The van der Waals surface area contributed by atoms with Crippen LogP contribution in [-0.2, 0) is 0 Å². The van der Waals surface area contributed by atoms with Crippen LogP contribution in [0, 0.1) is 0 Å². The van der Waals surface area contributed by atoms with Gasteiger partial charge in [-0.2, -0.15) is 0 Å². The highest BCUT2D eigenvalue weighted by Crippen LogP contribution is 2.26. The van der Waals surface area contributed by atoms with E-state index in [0.717, 1.165) is 14.6 Å². The standard InChI is InChI=1S/C11H7Br2NOS/c12-7-3-1-2-4-9(7)14-11(15)10-8(13)5-6-16-10/h1-6H,(H,14,15). The van der Waals surface area contributed by atoms with Crippen LogP contribution >= 0.6 is 43.2 Å². The Morgan fingerprint density at radius 2 is 1.88 bits per heavy atom. The van der Waals surface area contributed by atoms with Crippen molar-refractivity contribution in [3.05, 3.63) is 49.5 Å². The lowest BCUT2D eigenvalue weighted by atomic mass is 10.3. The number of rotatable bonds is 2. The van der Waals surface area contributed by atoms with Crippen molar-refractivity contribution in [2.45, 2.75) is 0 Å². The molecular formula is C11H7Br2NOS. The summed E-state index contributed by atoms with van der Waals surface area (Å²) in [6.07, 6.45) is 0. The number of carbonyl (C=O) groups is 1. The van der Waals surface area contributed by atoms with Gasteiger partial charge in [-0.25, -0.2) is 0 Å². The molecule has 0 bridgehead atoms. The summed E-state index contributed by atoms with van der Waals surface area (Å²) in [7, 11) is 0. The van der Waals surface area contributed by atoms with Gasteiger partial charge in [-0.15, -0.1) is 11.3 Å². The van der Waals surface area contributed by atoms with Crippen LogP contribution in [0.3, 0.4) is 0 Å². The van der Waals surface area contributed by atoms with E-state index in [1.54, 1.807) is 0 Å². The molecule has 2 aromatic rings. The second-order valence-electron chi connectivity index (χ2n) is 3.03. The number of amides is 1. The summed E-state index contributed by atoms with van der Waals surface area (Å²) >= 11 is 8.13. The maximum absolute atomic E-state index is 11.9. The van der Waals surface area contributed by atoms with Gasteiger partial charge in [-0.05, 0) is 55.4 Å². The van der Waals surface area contributed by atoms with E-state index >= 15 is 0 Å². The van der Waals surface area contributed by atoms with Crippen molar-refractivity contribution in [2.75, 3.05) is 5.32 Å². The smallest absolute Gasteiger partial charge is 0.266 e. The van der Waals surface area contributed by atoms with Crippen LogP contribution in [0.4, 0.5) is 5.69 Å².